The van der Waals surface area contributed by atoms with E-state index in [4.69, 9.17) is 11.6 Å². The van der Waals surface area contributed by atoms with Gasteiger partial charge in [0.05, 0.1) is 11.2 Å². The maximum absolute atomic E-state index is 12.2. The van der Waals surface area contributed by atoms with Crippen molar-refractivity contribution >= 4 is 17.5 Å². The molecule has 0 aliphatic carbocycles. The second-order valence-electron chi connectivity index (χ2n) is 4.79. The van der Waals surface area contributed by atoms with Crippen LogP contribution in [0.25, 0.3) is 0 Å². The molecule has 0 aromatic heterocycles. The molecule has 1 rings (SSSR count). The summed E-state index contributed by atoms with van der Waals surface area (Å²) < 4.78 is 0. The van der Waals surface area contributed by atoms with Gasteiger partial charge in [-0.25, -0.2) is 0 Å². The Morgan fingerprint density at radius 1 is 1.44 bits per heavy atom. The Morgan fingerprint density at radius 2 is 2.06 bits per heavy atom. The molecule has 0 aliphatic rings. The summed E-state index contributed by atoms with van der Waals surface area (Å²) in [6, 6.07) is 4.32. The zero-order valence-electron chi connectivity index (χ0n) is 10.8. The number of nitrogens with zero attached hydrogens (tertiary/aromatic N) is 1. The predicted octanol–water partition coefficient (Wildman–Crippen LogP) is 2.28. The molecule has 1 aromatic carbocycles. The average molecular weight is 272 g/mol. The Labute approximate surface area is 112 Å². The maximum atomic E-state index is 12.2. The minimum Gasteiger partial charge on any atom is -0.507 e. The largest absolute Gasteiger partial charge is 0.507 e. The molecule has 0 saturated carbocycles. The van der Waals surface area contributed by atoms with Crippen molar-refractivity contribution in [3.05, 3.63) is 28.8 Å². The number of amides is 1. The van der Waals surface area contributed by atoms with Crippen molar-refractivity contribution in [2.24, 2.45) is 0 Å². The van der Waals surface area contributed by atoms with Crippen LogP contribution in [0.2, 0.25) is 5.02 Å². The lowest BCUT2D eigenvalue weighted by Gasteiger charge is -2.28. The molecule has 0 fully saturated rings. The number of aliphatic hydroxyl groups is 1. The minimum absolute atomic E-state index is 0.112. The van der Waals surface area contributed by atoms with Gasteiger partial charge in [-0.3, -0.25) is 4.79 Å². The number of halogens is 1. The Balaban J connectivity index is 3.00. The molecule has 0 heterocycles. The summed E-state index contributed by atoms with van der Waals surface area (Å²) in [6.45, 7) is 5.69. The summed E-state index contributed by atoms with van der Waals surface area (Å²) in [7, 11) is 0. The smallest absolute Gasteiger partial charge is 0.257 e. The van der Waals surface area contributed by atoms with Crippen LogP contribution in [0.3, 0.4) is 0 Å². The number of aromatic hydroxyl groups is 1. The number of hydrogen-bond acceptors (Lipinski definition) is 3. The third kappa shape index (κ3) is 3.89. The van der Waals surface area contributed by atoms with Crippen LogP contribution >= 0.6 is 11.6 Å². The first-order valence-corrected chi connectivity index (χ1v) is 6.12. The van der Waals surface area contributed by atoms with E-state index in [1.165, 1.54) is 23.1 Å². The van der Waals surface area contributed by atoms with Crippen LogP contribution in [-0.2, 0) is 0 Å². The number of likely N-dealkylation sites (N-methyl/N-ethyl adjacent to an activating group) is 1. The first-order valence-electron chi connectivity index (χ1n) is 5.75. The SMILES string of the molecule is CCN(CC(C)(C)O)C(=O)c1cc(Cl)ccc1O. The van der Waals surface area contributed by atoms with E-state index >= 15 is 0 Å². The fourth-order valence-corrected chi connectivity index (χ4v) is 1.82. The third-order valence-corrected chi connectivity index (χ3v) is 2.67. The van der Waals surface area contributed by atoms with E-state index in [0.29, 0.717) is 11.6 Å². The molecule has 5 heteroatoms. The molecule has 0 bridgehead atoms. The molecule has 2 N–H and O–H groups in total. The molecule has 0 radical (unpaired) electrons. The average Bonchev–Trinajstić information content (AvgIpc) is 2.27. The van der Waals surface area contributed by atoms with E-state index in [2.05, 4.69) is 0 Å². The number of carbonyl (C=O) groups excluding carboxylic acids is 1. The van der Waals surface area contributed by atoms with Gasteiger partial charge < -0.3 is 15.1 Å². The van der Waals surface area contributed by atoms with Crippen molar-refractivity contribution in [3.8, 4) is 5.75 Å². The number of hydrogen-bond donors (Lipinski definition) is 2. The van der Waals surface area contributed by atoms with Crippen molar-refractivity contribution < 1.29 is 15.0 Å². The number of carbonyl (C=O) groups is 1. The molecule has 0 atom stereocenters. The van der Waals surface area contributed by atoms with Gasteiger partial charge >= 0.3 is 0 Å². The zero-order chi connectivity index (χ0) is 13.9. The van der Waals surface area contributed by atoms with E-state index in [-0.39, 0.29) is 23.8 Å². The van der Waals surface area contributed by atoms with Crippen molar-refractivity contribution in [1.29, 1.82) is 0 Å². The van der Waals surface area contributed by atoms with E-state index in [1.54, 1.807) is 13.8 Å². The Hall–Kier alpha value is -1.26. The van der Waals surface area contributed by atoms with Crippen molar-refractivity contribution in [3.63, 3.8) is 0 Å². The minimum atomic E-state index is -0.986. The monoisotopic (exact) mass is 271 g/mol. The second-order valence-corrected chi connectivity index (χ2v) is 5.23. The van der Waals surface area contributed by atoms with Gasteiger partial charge in [0.1, 0.15) is 5.75 Å². The van der Waals surface area contributed by atoms with Gasteiger partial charge in [-0.15, -0.1) is 0 Å². The Morgan fingerprint density at radius 3 is 2.56 bits per heavy atom. The molecule has 18 heavy (non-hydrogen) atoms. The standard InChI is InChI=1S/C13H18ClNO3/c1-4-15(8-13(2,3)18)12(17)10-7-9(14)5-6-11(10)16/h5-7,16,18H,4,8H2,1-3H3. The fraction of sp³-hybridized carbons (Fsp3) is 0.462. The van der Waals surface area contributed by atoms with Gasteiger partial charge in [0, 0.05) is 18.1 Å². The Bertz CT molecular complexity index is 440. The number of phenolic OH excluding ortho intramolecular Hbond substituents is 1. The normalized spacial score (nSPS) is 11.4. The lowest BCUT2D eigenvalue weighted by Crippen LogP contribution is -2.42. The third-order valence-electron chi connectivity index (χ3n) is 2.44. The summed E-state index contributed by atoms with van der Waals surface area (Å²) in [6.07, 6.45) is 0. The number of benzene rings is 1. The molecule has 100 valence electrons. The summed E-state index contributed by atoms with van der Waals surface area (Å²) in [4.78, 5) is 13.7. The van der Waals surface area contributed by atoms with Crippen LogP contribution in [-0.4, -0.2) is 39.7 Å². The molecular weight excluding hydrogens is 254 g/mol. The van der Waals surface area contributed by atoms with Crippen LogP contribution in [0.15, 0.2) is 18.2 Å². The number of rotatable bonds is 4. The summed E-state index contributed by atoms with van der Waals surface area (Å²) in [5, 5.41) is 19.8. The van der Waals surface area contributed by atoms with Gasteiger partial charge in [-0.1, -0.05) is 11.6 Å². The van der Waals surface area contributed by atoms with Crippen LogP contribution in [0.5, 0.6) is 5.75 Å². The first-order chi connectivity index (χ1) is 8.24. The first kappa shape index (κ1) is 14.8. The van der Waals surface area contributed by atoms with E-state index in [9.17, 15) is 15.0 Å². The second kappa shape index (κ2) is 5.59. The van der Waals surface area contributed by atoms with Crippen LogP contribution in [0.4, 0.5) is 0 Å². The lowest BCUT2D eigenvalue weighted by molar-refractivity contribution is 0.0313. The molecule has 4 nitrogen and oxygen atoms in total. The van der Waals surface area contributed by atoms with Gasteiger partial charge in [0.15, 0.2) is 0 Å². The summed E-state index contributed by atoms with van der Waals surface area (Å²) >= 11 is 5.81. The highest BCUT2D eigenvalue weighted by Gasteiger charge is 2.24. The van der Waals surface area contributed by atoms with Crippen LogP contribution in [0.1, 0.15) is 31.1 Å². The molecule has 0 aliphatic heterocycles. The summed E-state index contributed by atoms with van der Waals surface area (Å²) in [5.41, 5.74) is -0.839. The van der Waals surface area contributed by atoms with Gasteiger partial charge in [0.2, 0.25) is 0 Å². The highest BCUT2D eigenvalue weighted by atomic mass is 35.5. The van der Waals surface area contributed by atoms with Crippen molar-refractivity contribution in [2.45, 2.75) is 26.4 Å². The van der Waals surface area contributed by atoms with Crippen molar-refractivity contribution in [1.82, 2.24) is 4.90 Å². The molecule has 0 spiro atoms. The van der Waals surface area contributed by atoms with E-state index in [1.807, 2.05) is 6.92 Å². The topological polar surface area (TPSA) is 60.8 Å². The Kier molecular flexibility index (Phi) is 4.59. The molecule has 0 saturated heterocycles. The van der Waals surface area contributed by atoms with Crippen molar-refractivity contribution in [2.75, 3.05) is 13.1 Å². The van der Waals surface area contributed by atoms with Crippen LogP contribution < -0.4 is 0 Å². The fourth-order valence-electron chi connectivity index (χ4n) is 1.64. The highest BCUT2D eigenvalue weighted by molar-refractivity contribution is 6.31. The van der Waals surface area contributed by atoms with Crippen LogP contribution in [0, 0.1) is 0 Å². The quantitative estimate of drug-likeness (QED) is 0.883. The van der Waals surface area contributed by atoms with Gasteiger partial charge in [-0.2, -0.15) is 0 Å². The van der Waals surface area contributed by atoms with E-state index < -0.39 is 5.60 Å². The molecular formula is C13H18ClNO3. The molecule has 1 amide bonds. The van der Waals surface area contributed by atoms with E-state index in [0.717, 1.165) is 0 Å². The van der Waals surface area contributed by atoms with Gasteiger partial charge in [-0.05, 0) is 39.0 Å². The lowest BCUT2D eigenvalue weighted by atomic mass is 10.1. The number of phenols is 1. The summed E-state index contributed by atoms with van der Waals surface area (Å²) in [5.74, 6) is -0.460. The molecule has 0 unspecified atom stereocenters. The predicted molar refractivity (Wildman–Crippen MR) is 71.0 cm³/mol. The zero-order valence-corrected chi connectivity index (χ0v) is 11.5. The molecule has 1 aromatic rings. The maximum Gasteiger partial charge on any atom is 0.257 e. The van der Waals surface area contributed by atoms with Gasteiger partial charge in [0.25, 0.3) is 5.91 Å². The highest BCUT2D eigenvalue weighted by Crippen LogP contribution is 2.23.